The third-order valence-corrected chi connectivity index (χ3v) is 4.53. The fourth-order valence-electron chi connectivity index (χ4n) is 3.05. The number of carbonyl (C=O) groups excluding carboxylic acids is 1. The monoisotopic (exact) mass is 307 g/mol. The van der Waals surface area contributed by atoms with Crippen molar-refractivity contribution < 1.29 is 9.18 Å². The molecule has 0 spiro atoms. The van der Waals surface area contributed by atoms with Gasteiger partial charge in [-0.1, -0.05) is 56.2 Å². The molecular formula is C17H19ClFNO. The number of rotatable bonds is 4. The van der Waals surface area contributed by atoms with Crippen LogP contribution in [0.15, 0.2) is 18.2 Å². The molecule has 0 heterocycles. The quantitative estimate of drug-likeness (QED) is 0.733. The topological polar surface area (TPSA) is 40.9 Å². The summed E-state index contributed by atoms with van der Waals surface area (Å²) in [6.07, 6.45) is 7.09. The van der Waals surface area contributed by atoms with Gasteiger partial charge in [-0.15, -0.1) is 0 Å². The van der Waals surface area contributed by atoms with Crippen molar-refractivity contribution in [3.63, 3.8) is 0 Å². The zero-order valence-electron chi connectivity index (χ0n) is 11.9. The number of hydrogen-bond acceptors (Lipinski definition) is 2. The van der Waals surface area contributed by atoms with Crippen molar-refractivity contribution in [1.29, 1.82) is 5.26 Å². The molecule has 1 unspecified atom stereocenters. The Morgan fingerprint density at radius 1 is 1.33 bits per heavy atom. The van der Waals surface area contributed by atoms with Crippen LogP contribution in [-0.4, -0.2) is 5.78 Å². The minimum absolute atomic E-state index is 0.0280. The van der Waals surface area contributed by atoms with E-state index in [4.69, 9.17) is 11.6 Å². The first-order valence-corrected chi connectivity index (χ1v) is 7.87. The molecule has 0 amide bonds. The van der Waals surface area contributed by atoms with E-state index in [1.165, 1.54) is 31.0 Å². The predicted molar refractivity (Wildman–Crippen MR) is 80.6 cm³/mol. The van der Waals surface area contributed by atoms with Crippen LogP contribution in [0.5, 0.6) is 0 Å². The molecule has 1 aromatic carbocycles. The van der Waals surface area contributed by atoms with Crippen molar-refractivity contribution in [3.05, 3.63) is 34.6 Å². The highest BCUT2D eigenvalue weighted by Crippen LogP contribution is 2.32. The first-order valence-electron chi connectivity index (χ1n) is 7.49. The number of ketones is 1. The van der Waals surface area contributed by atoms with Crippen LogP contribution < -0.4 is 0 Å². The van der Waals surface area contributed by atoms with Crippen molar-refractivity contribution >= 4 is 17.4 Å². The van der Waals surface area contributed by atoms with Crippen molar-refractivity contribution in [2.75, 3.05) is 0 Å². The average Bonchev–Trinajstić information content (AvgIpc) is 2.71. The second kappa shape index (κ2) is 7.56. The number of Topliss-reactive ketones (excluding diaryl/α,β-unsaturated/α-hetero) is 1. The maximum absolute atomic E-state index is 13.9. The number of halogens is 2. The van der Waals surface area contributed by atoms with Crippen molar-refractivity contribution in [2.24, 2.45) is 5.92 Å². The van der Waals surface area contributed by atoms with Gasteiger partial charge < -0.3 is 0 Å². The van der Waals surface area contributed by atoms with Gasteiger partial charge in [0.25, 0.3) is 0 Å². The van der Waals surface area contributed by atoms with E-state index < -0.39 is 11.7 Å². The van der Waals surface area contributed by atoms with Gasteiger partial charge in [0.1, 0.15) is 11.7 Å². The van der Waals surface area contributed by atoms with Crippen LogP contribution >= 0.6 is 11.6 Å². The zero-order valence-corrected chi connectivity index (χ0v) is 12.7. The van der Waals surface area contributed by atoms with E-state index in [9.17, 15) is 14.4 Å². The summed E-state index contributed by atoms with van der Waals surface area (Å²) in [5, 5.41) is 9.44. The van der Waals surface area contributed by atoms with Crippen LogP contribution in [0.2, 0.25) is 5.02 Å². The summed E-state index contributed by atoms with van der Waals surface area (Å²) in [6.45, 7) is 0. The SMILES string of the molecule is N#CC(C(=O)CC1CCCCCC1)c1c(F)cccc1Cl. The summed E-state index contributed by atoms with van der Waals surface area (Å²) in [5.41, 5.74) is 0.0280. The van der Waals surface area contributed by atoms with Gasteiger partial charge in [0.2, 0.25) is 0 Å². The Balaban J connectivity index is 2.13. The lowest BCUT2D eigenvalue weighted by Gasteiger charge is -2.16. The summed E-state index contributed by atoms with van der Waals surface area (Å²) in [7, 11) is 0. The van der Waals surface area contributed by atoms with E-state index in [2.05, 4.69) is 0 Å². The minimum atomic E-state index is -1.10. The second-order valence-corrected chi connectivity index (χ2v) is 6.13. The molecule has 0 N–H and O–H groups in total. The molecule has 0 saturated heterocycles. The van der Waals surface area contributed by atoms with Gasteiger partial charge in [0.15, 0.2) is 5.78 Å². The van der Waals surface area contributed by atoms with E-state index in [0.29, 0.717) is 12.3 Å². The number of benzene rings is 1. The molecule has 1 atom stereocenters. The van der Waals surface area contributed by atoms with Crippen LogP contribution in [0.25, 0.3) is 0 Å². The summed E-state index contributed by atoms with van der Waals surface area (Å²) in [4.78, 5) is 12.4. The first kappa shape index (κ1) is 16.0. The Morgan fingerprint density at radius 3 is 2.57 bits per heavy atom. The Hall–Kier alpha value is -1.40. The van der Waals surface area contributed by atoms with Gasteiger partial charge in [-0.25, -0.2) is 4.39 Å². The highest BCUT2D eigenvalue weighted by atomic mass is 35.5. The maximum Gasteiger partial charge on any atom is 0.154 e. The lowest BCUT2D eigenvalue weighted by atomic mass is 9.87. The van der Waals surface area contributed by atoms with E-state index in [-0.39, 0.29) is 16.4 Å². The lowest BCUT2D eigenvalue weighted by molar-refractivity contribution is -0.120. The van der Waals surface area contributed by atoms with Gasteiger partial charge in [0, 0.05) is 17.0 Å². The van der Waals surface area contributed by atoms with E-state index in [0.717, 1.165) is 25.7 Å². The highest BCUT2D eigenvalue weighted by molar-refractivity contribution is 6.31. The minimum Gasteiger partial charge on any atom is -0.298 e. The molecule has 21 heavy (non-hydrogen) atoms. The molecule has 0 aromatic heterocycles. The third-order valence-electron chi connectivity index (χ3n) is 4.20. The van der Waals surface area contributed by atoms with Crippen molar-refractivity contribution in [2.45, 2.75) is 50.9 Å². The summed E-state index contributed by atoms with van der Waals surface area (Å²) in [6, 6.07) is 6.17. The van der Waals surface area contributed by atoms with E-state index >= 15 is 0 Å². The molecule has 0 radical (unpaired) electrons. The van der Waals surface area contributed by atoms with E-state index in [1.54, 1.807) is 0 Å². The highest BCUT2D eigenvalue weighted by Gasteiger charge is 2.28. The summed E-state index contributed by atoms with van der Waals surface area (Å²) >= 11 is 5.97. The van der Waals surface area contributed by atoms with Gasteiger partial charge >= 0.3 is 0 Å². The molecule has 4 heteroatoms. The molecule has 1 fully saturated rings. The average molecular weight is 308 g/mol. The van der Waals surface area contributed by atoms with Crippen molar-refractivity contribution in [1.82, 2.24) is 0 Å². The van der Waals surface area contributed by atoms with Gasteiger partial charge in [-0.05, 0) is 18.1 Å². The maximum atomic E-state index is 13.9. The van der Waals surface area contributed by atoms with Crippen LogP contribution in [0.3, 0.4) is 0 Å². The van der Waals surface area contributed by atoms with E-state index in [1.807, 2.05) is 6.07 Å². The normalized spacial score (nSPS) is 17.8. The van der Waals surface area contributed by atoms with Crippen LogP contribution in [-0.2, 0) is 4.79 Å². The molecule has 1 aliphatic rings. The molecule has 2 rings (SSSR count). The molecule has 112 valence electrons. The first-order chi connectivity index (χ1) is 10.1. The fourth-order valence-corrected chi connectivity index (χ4v) is 3.33. The Morgan fingerprint density at radius 2 is 2.00 bits per heavy atom. The Kier molecular flexibility index (Phi) is 5.76. The summed E-state index contributed by atoms with van der Waals surface area (Å²) < 4.78 is 13.9. The molecular weight excluding hydrogens is 289 g/mol. The van der Waals surface area contributed by atoms with Crippen LogP contribution in [0, 0.1) is 23.1 Å². The Bertz CT molecular complexity index is 524. The molecule has 1 aliphatic carbocycles. The standard InChI is InChI=1S/C17H19ClFNO/c18-14-8-5-9-15(19)17(14)13(11-20)16(21)10-12-6-3-1-2-4-7-12/h5,8-9,12-13H,1-4,6-7,10H2. The van der Waals surface area contributed by atoms with Gasteiger partial charge in [0.05, 0.1) is 6.07 Å². The number of nitrogens with zero attached hydrogens (tertiary/aromatic N) is 1. The second-order valence-electron chi connectivity index (χ2n) is 5.73. The number of nitriles is 1. The zero-order chi connectivity index (χ0) is 15.2. The largest absolute Gasteiger partial charge is 0.298 e. The smallest absolute Gasteiger partial charge is 0.154 e. The molecule has 2 nitrogen and oxygen atoms in total. The number of carbonyl (C=O) groups is 1. The lowest BCUT2D eigenvalue weighted by Crippen LogP contribution is -2.17. The van der Waals surface area contributed by atoms with Gasteiger partial charge in [-0.2, -0.15) is 5.26 Å². The fraction of sp³-hybridized carbons (Fsp3) is 0.529. The molecule has 0 aliphatic heterocycles. The molecule has 1 aromatic rings. The predicted octanol–water partition coefficient (Wildman–Crippen LogP) is 5.02. The van der Waals surface area contributed by atoms with Crippen molar-refractivity contribution in [3.8, 4) is 6.07 Å². The van der Waals surface area contributed by atoms with Gasteiger partial charge in [-0.3, -0.25) is 4.79 Å². The third kappa shape index (κ3) is 4.04. The van der Waals surface area contributed by atoms with Crippen LogP contribution in [0.4, 0.5) is 4.39 Å². The number of hydrogen-bond donors (Lipinski definition) is 0. The van der Waals surface area contributed by atoms with Crippen LogP contribution in [0.1, 0.15) is 56.4 Å². The molecule has 0 bridgehead atoms. The molecule has 1 saturated carbocycles. The Labute approximate surface area is 129 Å². The summed E-state index contributed by atoms with van der Waals surface area (Å²) in [5.74, 6) is -1.57.